The van der Waals surface area contributed by atoms with Gasteiger partial charge in [-0.1, -0.05) is 18.6 Å². The molecule has 0 aliphatic heterocycles. The Bertz CT molecular complexity index is 718. The third-order valence-corrected chi connectivity index (χ3v) is 6.11. The van der Waals surface area contributed by atoms with Gasteiger partial charge in [0, 0.05) is 39.4 Å². The van der Waals surface area contributed by atoms with Crippen LogP contribution in [0, 0.1) is 5.41 Å². The summed E-state index contributed by atoms with van der Waals surface area (Å²) in [6.45, 7) is 5.48. The maximum absolute atomic E-state index is 11.7. The summed E-state index contributed by atoms with van der Waals surface area (Å²) in [5.74, 6) is 1.56. The minimum atomic E-state index is -0.0445. The molecule has 1 amide bonds. The highest BCUT2D eigenvalue weighted by atomic mass is 127. The van der Waals surface area contributed by atoms with Gasteiger partial charge in [-0.2, -0.15) is 0 Å². The molecule has 1 aromatic carbocycles. The molecule has 3 rings (SSSR count). The van der Waals surface area contributed by atoms with Crippen molar-refractivity contribution in [3.05, 3.63) is 29.8 Å². The Labute approximate surface area is 209 Å². The summed E-state index contributed by atoms with van der Waals surface area (Å²) in [5.41, 5.74) is 1.54. The number of amides is 1. The number of benzene rings is 1. The fourth-order valence-electron chi connectivity index (χ4n) is 3.79. The lowest BCUT2D eigenvalue weighted by Gasteiger charge is -2.40. The van der Waals surface area contributed by atoms with Gasteiger partial charge in [-0.3, -0.25) is 9.79 Å². The zero-order valence-corrected chi connectivity index (χ0v) is 21.8. The van der Waals surface area contributed by atoms with Gasteiger partial charge in [-0.25, -0.2) is 0 Å². The third kappa shape index (κ3) is 9.13. The van der Waals surface area contributed by atoms with E-state index in [1.165, 1.54) is 24.8 Å². The van der Waals surface area contributed by atoms with Crippen LogP contribution in [-0.4, -0.2) is 57.9 Å². The Kier molecular flexibility index (Phi) is 11.6. The number of methoxy groups -OCH3 is 1. The van der Waals surface area contributed by atoms with Crippen LogP contribution in [0.15, 0.2) is 29.3 Å². The molecular weight excluding hydrogens is 519 g/mol. The Morgan fingerprint density at radius 3 is 2.53 bits per heavy atom. The summed E-state index contributed by atoms with van der Waals surface area (Å²) in [6.07, 6.45) is 7.94. The van der Waals surface area contributed by atoms with Crippen molar-refractivity contribution in [2.45, 2.75) is 57.9 Å². The van der Waals surface area contributed by atoms with Crippen molar-refractivity contribution in [1.82, 2.24) is 16.0 Å². The number of guanidine groups is 1. The first kappa shape index (κ1) is 26.7. The zero-order valence-electron chi connectivity index (χ0n) is 19.5. The Morgan fingerprint density at radius 2 is 1.94 bits per heavy atom. The summed E-state index contributed by atoms with van der Waals surface area (Å²) in [7, 11) is 1.77. The summed E-state index contributed by atoms with van der Waals surface area (Å²) >= 11 is 0. The normalized spacial score (nSPS) is 17.0. The fraction of sp³-hybridized carbons (Fsp3) is 0.667. The molecule has 2 saturated carbocycles. The molecule has 0 saturated heterocycles. The highest BCUT2D eigenvalue weighted by Crippen LogP contribution is 2.44. The Hall–Kier alpha value is -1.55. The zero-order chi connectivity index (χ0) is 21.9. The average Bonchev–Trinajstić information content (AvgIpc) is 3.56. The van der Waals surface area contributed by atoms with E-state index in [4.69, 9.17) is 14.5 Å². The van der Waals surface area contributed by atoms with Crippen LogP contribution in [0.1, 0.15) is 51.0 Å². The number of nitrogens with one attached hydrogen (secondary N) is 3. The molecule has 32 heavy (non-hydrogen) atoms. The van der Waals surface area contributed by atoms with Crippen LogP contribution in [0.5, 0.6) is 5.75 Å². The molecule has 0 atom stereocenters. The average molecular weight is 559 g/mol. The Balaban J connectivity index is 0.00000363. The minimum Gasteiger partial charge on any atom is -0.484 e. The van der Waals surface area contributed by atoms with Crippen LogP contribution in [0.4, 0.5) is 0 Å². The second-order valence-electron chi connectivity index (χ2n) is 8.74. The maximum atomic E-state index is 11.7. The quantitative estimate of drug-likeness (QED) is 0.197. The number of ether oxygens (including phenoxy) is 2. The molecule has 0 aromatic heterocycles. The number of carbonyl (C=O) groups excluding carboxylic acids is 1. The van der Waals surface area contributed by atoms with Crippen molar-refractivity contribution in [1.29, 1.82) is 0 Å². The van der Waals surface area contributed by atoms with Crippen molar-refractivity contribution in [2.75, 3.05) is 40.0 Å². The number of hydrogen-bond donors (Lipinski definition) is 3. The molecular formula is C24H39IN4O3. The predicted octanol–water partition coefficient (Wildman–Crippen LogP) is 3.27. The summed E-state index contributed by atoms with van der Waals surface area (Å²) < 4.78 is 10.9. The van der Waals surface area contributed by atoms with Crippen LogP contribution < -0.4 is 20.7 Å². The van der Waals surface area contributed by atoms with E-state index in [0.29, 0.717) is 11.5 Å². The molecule has 0 bridgehead atoms. The topological polar surface area (TPSA) is 84.0 Å². The fourth-order valence-corrected chi connectivity index (χ4v) is 3.79. The van der Waals surface area contributed by atoms with E-state index in [-0.39, 0.29) is 36.5 Å². The molecule has 0 spiro atoms. The molecule has 1 aromatic rings. The lowest BCUT2D eigenvalue weighted by atomic mass is 9.67. The first-order chi connectivity index (χ1) is 15.1. The third-order valence-electron chi connectivity index (χ3n) is 6.11. The first-order valence-electron chi connectivity index (χ1n) is 11.6. The molecule has 2 fully saturated rings. The van der Waals surface area contributed by atoms with E-state index >= 15 is 0 Å². The summed E-state index contributed by atoms with van der Waals surface area (Å²) in [5, 5.41) is 9.72. The van der Waals surface area contributed by atoms with E-state index in [1.54, 1.807) is 7.11 Å². The monoisotopic (exact) mass is 558 g/mol. The molecule has 2 aliphatic rings. The second kappa shape index (κ2) is 13.9. The molecule has 0 radical (unpaired) electrons. The van der Waals surface area contributed by atoms with Gasteiger partial charge in [0.2, 0.25) is 0 Å². The van der Waals surface area contributed by atoms with Crippen molar-refractivity contribution < 1.29 is 14.3 Å². The van der Waals surface area contributed by atoms with Crippen LogP contribution in [0.25, 0.3) is 0 Å². The van der Waals surface area contributed by atoms with Crippen molar-refractivity contribution in [2.24, 2.45) is 10.4 Å². The Morgan fingerprint density at radius 1 is 1.19 bits per heavy atom. The lowest BCUT2D eigenvalue weighted by Crippen LogP contribution is -2.41. The van der Waals surface area contributed by atoms with Crippen LogP contribution in [-0.2, 0) is 16.0 Å². The standard InChI is InChI=1S/C24H38N4O3.HI/c1-3-25-23(27-18-24(12-4-13-24)14-16-30-2)26-15-11-19-5-9-21(10-6-19)31-17-22(29)28-20-7-8-20;/h5-6,9-10,20H,3-4,7-8,11-18H2,1-2H3,(H,28,29)(H2,25,26,27);1H. The minimum absolute atomic E-state index is 0. The molecule has 8 heteroatoms. The van der Waals surface area contributed by atoms with Crippen molar-refractivity contribution in [3.63, 3.8) is 0 Å². The number of rotatable bonds is 13. The molecule has 180 valence electrons. The van der Waals surface area contributed by atoms with Crippen LogP contribution in [0.3, 0.4) is 0 Å². The van der Waals surface area contributed by atoms with E-state index in [0.717, 1.165) is 63.6 Å². The summed E-state index contributed by atoms with van der Waals surface area (Å²) in [6, 6.07) is 8.32. The number of carbonyl (C=O) groups is 1. The number of nitrogens with zero attached hydrogens (tertiary/aromatic N) is 1. The van der Waals surface area contributed by atoms with E-state index in [9.17, 15) is 4.79 Å². The van der Waals surface area contributed by atoms with Gasteiger partial charge in [-0.05, 0) is 68.6 Å². The van der Waals surface area contributed by atoms with Crippen molar-refractivity contribution >= 4 is 35.8 Å². The van der Waals surface area contributed by atoms with Gasteiger partial charge in [0.05, 0.1) is 0 Å². The number of aliphatic imine (C=N–C) groups is 1. The first-order valence-corrected chi connectivity index (χ1v) is 11.6. The summed E-state index contributed by atoms with van der Waals surface area (Å²) in [4.78, 5) is 16.6. The van der Waals surface area contributed by atoms with Crippen molar-refractivity contribution in [3.8, 4) is 5.75 Å². The van der Waals surface area contributed by atoms with Crippen LogP contribution >= 0.6 is 24.0 Å². The largest absolute Gasteiger partial charge is 0.484 e. The smallest absolute Gasteiger partial charge is 0.258 e. The van der Waals surface area contributed by atoms with Crippen LogP contribution in [0.2, 0.25) is 0 Å². The van der Waals surface area contributed by atoms with E-state index in [2.05, 4.69) is 22.9 Å². The van der Waals surface area contributed by atoms with Gasteiger partial charge in [0.15, 0.2) is 12.6 Å². The van der Waals surface area contributed by atoms with Gasteiger partial charge >= 0.3 is 0 Å². The number of halogens is 1. The lowest BCUT2D eigenvalue weighted by molar-refractivity contribution is -0.123. The number of hydrogen-bond acceptors (Lipinski definition) is 4. The van der Waals surface area contributed by atoms with Gasteiger partial charge < -0.3 is 25.4 Å². The van der Waals surface area contributed by atoms with E-state index in [1.807, 2.05) is 24.3 Å². The SMILES string of the molecule is CCNC(=NCC1(CCOC)CCC1)NCCc1ccc(OCC(=O)NC2CC2)cc1.I. The highest BCUT2D eigenvalue weighted by molar-refractivity contribution is 14.0. The maximum Gasteiger partial charge on any atom is 0.258 e. The van der Waals surface area contributed by atoms with Gasteiger partial charge in [0.1, 0.15) is 5.75 Å². The van der Waals surface area contributed by atoms with E-state index < -0.39 is 0 Å². The highest BCUT2D eigenvalue weighted by Gasteiger charge is 2.36. The van der Waals surface area contributed by atoms with Gasteiger partial charge in [-0.15, -0.1) is 24.0 Å². The molecule has 0 heterocycles. The molecule has 7 nitrogen and oxygen atoms in total. The predicted molar refractivity (Wildman–Crippen MR) is 139 cm³/mol. The molecule has 2 aliphatic carbocycles. The second-order valence-corrected chi connectivity index (χ2v) is 8.74. The molecule has 3 N–H and O–H groups in total. The molecule has 0 unspecified atom stereocenters. The van der Waals surface area contributed by atoms with Gasteiger partial charge in [0.25, 0.3) is 5.91 Å².